The maximum atomic E-state index is 12.6. The molecule has 1 atom stereocenters. The van der Waals surface area contributed by atoms with Gasteiger partial charge in [-0.15, -0.1) is 0 Å². The van der Waals surface area contributed by atoms with E-state index < -0.39 is 11.7 Å². The Kier molecular flexibility index (Phi) is 4.57. The molecule has 114 valence electrons. The van der Waals surface area contributed by atoms with Crippen molar-refractivity contribution < 1.29 is 22.3 Å². The highest BCUT2D eigenvalue weighted by molar-refractivity contribution is 5.30. The number of nitrogens with two attached hydrogens (primary N) is 1. The molecule has 0 aliphatic heterocycles. The second-order valence-corrected chi connectivity index (χ2v) is 4.86. The summed E-state index contributed by atoms with van der Waals surface area (Å²) in [6, 6.07) is 8.24. The molecule has 0 spiro atoms. The van der Waals surface area contributed by atoms with Gasteiger partial charge < -0.3 is 14.9 Å². The second-order valence-electron chi connectivity index (χ2n) is 4.86. The fourth-order valence-corrected chi connectivity index (χ4v) is 1.84. The molecule has 21 heavy (non-hydrogen) atoms. The Morgan fingerprint density at radius 2 is 1.90 bits per heavy atom. The number of benzene rings is 1. The fourth-order valence-electron chi connectivity index (χ4n) is 1.84. The summed E-state index contributed by atoms with van der Waals surface area (Å²) in [6.45, 7) is 1.93. The Balaban J connectivity index is 1.98. The van der Waals surface area contributed by atoms with Crippen LogP contribution in [0.4, 0.5) is 13.2 Å². The van der Waals surface area contributed by atoms with Crippen molar-refractivity contribution in [3.8, 4) is 5.75 Å². The molecule has 0 saturated heterocycles. The SMILES string of the molecule is CC(N)Cc1ccc(COc2cccc(C(F)(F)F)c2)o1. The molecule has 3 nitrogen and oxygen atoms in total. The highest BCUT2D eigenvalue weighted by atomic mass is 19.4. The van der Waals surface area contributed by atoms with Gasteiger partial charge in [0, 0.05) is 12.5 Å². The van der Waals surface area contributed by atoms with E-state index in [-0.39, 0.29) is 18.4 Å². The summed E-state index contributed by atoms with van der Waals surface area (Å²) in [5.41, 5.74) is 4.92. The van der Waals surface area contributed by atoms with Crippen molar-refractivity contribution >= 4 is 0 Å². The van der Waals surface area contributed by atoms with Crippen molar-refractivity contribution in [1.82, 2.24) is 0 Å². The first-order valence-electron chi connectivity index (χ1n) is 6.48. The molecule has 0 bridgehead atoms. The van der Waals surface area contributed by atoms with Gasteiger partial charge in [0.25, 0.3) is 0 Å². The zero-order valence-electron chi connectivity index (χ0n) is 11.5. The summed E-state index contributed by atoms with van der Waals surface area (Å²) in [5, 5.41) is 0. The van der Waals surface area contributed by atoms with Gasteiger partial charge in [0.2, 0.25) is 0 Å². The summed E-state index contributed by atoms with van der Waals surface area (Å²) in [6.07, 6.45) is -3.78. The van der Waals surface area contributed by atoms with Crippen molar-refractivity contribution in [2.24, 2.45) is 5.73 Å². The molecular weight excluding hydrogens is 283 g/mol. The Morgan fingerprint density at radius 1 is 1.19 bits per heavy atom. The smallest absolute Gasteiger partial charge is 0.416 e. The first kappa shape index (κ1) is 15.4. The third kappa shape index (κ3) is 4.53. The van der Waals surface area contributed by atoms with Crippen molar-refractivity contribution in [2.45, 2.75) is 32.2 Å². The van der Waals surface area contributed by atoms with Gasteiger partial charge in [-0.25, -0.2) is 0 Å². The van der Waals surface area contributed by atoms with Crippen LogP contribution >= 0.6 is 0 Å². The largest absolute Gasteiger partial charge is 0.486 e. The van der Waals surface area contributed by atoms with Crippen LogP contribution in [-0.4, -0.2) is 6.04 Å². The maximum absolute atomic E-state index is 12.6. The maximum Gasteiger partial charge on any atom is 0.416 e. The summed E-state index contributed by atoms with van der Waals surface area (Å²) < 4.78 is 48.5. The van der Waals surface area contributed by atoms with Crippen LogP contribution in [0.15, 0.2) is 40.8 Å². The van der Waals surface area contributed by atoms with Gasteiger partial charge >= 0.3 is 6.18 Å². The summed E-state index contributed by atoms with van der Waals surface area (Å²) in [4.78, 5) is 0. The highest BCUT2D eigenvalue weighted by Gasteiger charge is 2.30. The summed E-state index contributed by atoms with van der Waals surface area (Å²) >= 11 is 0. The number of ether oxygens (including phenoxy) is 1. The van der Waals surface area contributed by atoms with Crippen molar-refractivity contribution in [2.75, 3.05) is 0 Å². The lowest BCUT2D eigenvalue weighted by Gasteiger charge is -2.09. The molecule has 0 amide bonds. The van der Waals surface area contributed by atoms with Crippen LogP contribution in [0.25, 0.3) is 0 Å². The minimum absolute atomic E-state index is 0.0200. The Hall–Kier alpha value is -1.95. The van der Waals surface area contributed by atoms with Crippen molar-refractivity contribution in [1.29, 1.82) is 0 Å². The Bertz CT molecular complexity index is 591. The van der Waals surface area contributed by atoms with E-state index in [1.807, 2.05) is 6.92 Å². The van der Waals surface area contributed by atoms with Crippen LogP contribution in [0.1, 0.15) is 24.0 Å². The molecule has 0 aliphatic carbocycles. The molecule has 0 saturated carbocycles. The molecule has 2 aromatic rings. The standard InChI is InChI=1S/C15H16F3NO2/c1-10(19)7-13-5-6-14(21-13)9-20-12-4-2-3-11(8-12)15(16,17)18/h2-6,8,10H,7,9,19H2,1H3. The number of alkyl halides is 3. The Morgan fingerprint density at radius 3 is 2.57 bits per heavy atom. The average molecular weight is 299 g/mol. The lowest BCUT2D eigenvalue weighted by Crippen LogP contribution is -2.17. The van der Waals surface area contributed by atoms with E-state index in [1.54, 1.807) is 12.1 Å². The van der Waals surface area contributed by atoms with Gasteiger partial charge in [-0.1, -0.05) is 6.07 Å². The van der Waals surface area contributed by atoms with E-state index in [9.17, 15) is 13.2 Å². The van der Waals surface area contributed by atoms with E-state index in [2.05, 4.69) is 0 Å². The first-order chi connectivity index (χ1) is 9.84. The molecule has 2 N–H and O–H groups in total. The molecule has 0 aliphatic rings. The van der Waals surface area contributed by atoms with Crippen LogP contribution < -0.4 is 10.5 Å². The van der Waals surface area contributed by atoms with Crippen LogP contribution in [0.3, 0.4) is 0 Å². The van der Waals surface area contributed by atoms with Gasteiger partial charge in [-0.2, -0.15) is 13.2 Å². The predicted molar refractivity (Wildman–Crippen MR) is 71.8 cm³/mol. The number of rotatable bonds is 5. The predicted octanol–water partition coefficient (Wildman–Crippen LogP) is 3.77. The minimum Gasteiger partial charge on any atom is -0.486 e. The quantitative estimate of drug-likeness (QED) is 0.914. The average Bonchev–Trinajstić information content (AvgIpc) is 2.82. The second kappa shape index (κ2) is 6.22. The highest BCUT2D eigenvalue weighted by Crippen LogP contribution is 2.31. The molecular formula is C15H16F3NO2. The third-order valence-electron chi connectivity index (χ3n) is 2.78. The van der Waals surface area contributed by atoms with E-state index >= 15 is 0 Å². The molecule has 1 heterocycles. The lowest BCUT2D eigenvalue weighted by atomic mass is 10.2. The zero-order valence-corrected chi connectivity index (χ0v) is 11.5. The molecule has 6 heteroatoms. The van der Waals surface area contributed by atoms with E-state index in [0.717, 1.165) is 17.9 Å². The molecule has 1 aromatic heterocycles. The van der Waals surface area contributed by atoms with Crippen LogP contribution in [0.5, 0.6) is 5.75 Å². The molecule has 2 rings (SSSR count). The van der Waals surface area contributed by atoms with Crippen molar-refractivity contribution in [3.63, 3.8) is 0 Å². The first-order valence-corrected chi connectivity index (χ1v) is 6.48. The normalized spacial score (nSPS) is 13.2. The van der Waals surface area contributed by atoms with Gasteiger partial charge in [0.05, 0.1) is 5.56 Å². The van der Waals surface area contributed by atoms with E-state index in [1.165, 1.54) is 12.1 Å². The number of hydrogen-bond acceptors (Lipinski definition) is 3. The minimum atomic E-state index is -4.38. The third-order valence-corrected chi connectivity index (χ3v) is 2.78. The number of furan rings is 1. The zero-order chi connectivity index (χ0) is 15.5. The molecule has 0 radical (unpaired) electrons. The molecule has 0 fully saturated rings. The van der Waals surface area contributed by atoms with Gasteiger partial charge in [0.1, 0.15) is 23.9 Å². The van der Waals surface area contributed by atoms with Crippen LogP contribution in [-0.2, 0) is 19.2 Å². The van der Waals surface area contributed by atoms with Crippen LogP contribution in [0, 0.1) is 0 Å². The Labute approximate surface area is 120 Å². The fraction of sp³-hybridized carbons (Fsp3) is 0.333. The van der Waals surface area contributed by atoms with E-state index in [4.69, 9.17) is 14.9 Å². The van der Waals surface area contributed by atoms with Crippen LogP contribution in [0.2, 0.25) is 0 Å². The lowest BCUT2D eigenvalue weighted by molar-refractivity contribution is -0.137. The van der Waals surface area contributed by atoms with Crippen molar-refractivity contribution in [3.05, 3.63) is 53.5 Å². The number of halogens is 3. The molecule has 1 unspecified atom stereocenters. The van der Waals surface area contributed by atoms with Gasteiger partial charge in [-0.3, -0.25) is 0 Å². The topological polar surface area (TPSA) is 48.4 Å². The van der Waals surface area contributed by atoms with E-state index in [0.29, 0.717) is 12.2 Å². The van der Waals surface area contributed by atoms with Gasteiger partial charge in [0.15, 0.2) is 0 Å². The van der Waals surface area contributed by atoms with Gasteiger partial charge in [-0.05, 0) is 37.3 Å². The summed E-state index contributed by atoms with van der Waals surface area (Å²) in [7, 11) is 0. The summed E-state index contributed by atoms with van der Waals surface area (Å²) in [5.74, 6) is 1.42. The molecule has 1 aromatic carbocycles. The monoisotopic (exact) mass is 299 g/mol. The number of hydrogen-bond donors (Lipinski definition) is 1.